The third-order valence-electron chi connectivity index (χ3n) is 3.80. The van der Waals surface area contributed by atoms with Crippen LogP contribution in [0.2, 0.25) is 0 Å². The summed E-state index contributed by atoms with van der Waals surface area (Å²) >= 11 is 0. The molecule has 3 rings (SSSR count). The highest BCUT2D eigenvalue weighted by Gasteiger charge is 2.09. The Morgan fingerprint density at radius 1 is 0.913 bits per heavy atom. The third kappa shape index (κ3) is 3.38. The normalized spacial score (nSPS) is 11.5. The quantitative estimate of drug-likeness (QED) is 0.753. The maximum absolute atomic E-state index is 9.13. The van der Waals surface area contributed by atoms with E-state index in [-0.39, 0.29) is 6.04 Å². The van der Waals surface area contributed by atoms with E-state index in [1.165, 1.54) is 11.1 Å². The van der Waals surface area contributed by atoms with Crippen LogP contribution >= 0.6 is 0 Å². The number of aromatic nitrogens is 1. The van der Waals surface area contributed by atoms with Crippen LogP contribution in [0.3, 0.4) is 0 Å². The van der Waals surface area contributed by atoms with E-state index in [9.17, 15) is 0 Å². The van der Waals surface area contributed by atoms with E-state index in [0.717, 1.165) is 5.56 Å². The molecule has 1 N–H and O–H groups in total. The molecule has 112 valence electrons. The Morgan fingerprint density at radius 2 is 1.61 bits per heavy atom. The number of pyridine rings is 1. The highest BCUT2D eigenvalue weighted by molar-refractivity contribution is 5.63. The Morgan fingerprint density at radius 3 is 2.30 bits per heavy atom. The van der Waals surface area contributed by atoms with Crippen molar-refractivity contribution in [2.75, 3.05) is 5.32 Å². The molecular formula is C20H17N3. The van der Waals surface area contributed by atoms with Gasteiger partial charge >= 0.3 is 0 Å². The fourth-order valence-electron chi connectivity index (χ4n) is 2.49. The van der Waals surface area contributed by atoms with E-state index in [1.807, 2.05) is 18.2 Å². The van der Waals surface area contributed by atoms with Crippen LogP contribution in [-0.4, -0.2) is 4.98 Å². The minimum absolute atomic E-state index is 0.0711. The summed E-state index contributed by atoms with van der Waals surface area (Å²) in [7, 11) is 0. The van der Waals surface area contributed by atoms with Crippen LogP contribution in [0, 0.1) is 11.3 Å². The van der Waals surface area contributed by atoms with Gasteiger partial charge in [-0.1, -0.05) is 54.6 Å². The first kappa shape index (κ1) is 14.8. The zero-order valence-corrected chi connectivity index (χ0v) is 12.9. The predicted molar refractivity (Wildman–Crippen MR) is 92.9 cm³/mol. The van der Waals surface area contributed by atoms with Crippen LogP contribution in [0.25, 0.3) is 11.1 Å². The first-order valence-corrected chi connectivity index (χ1v) is 7.55. The maximum atomic E-state index is 9.13. The van der Waals surface area contributed by atoms with Gasteiger partial charge < -0.3 is 5.32 Å². The average molecular weight is 299 g/mol. The number of nitrogens with one attached hydrogen (secondary N) is 1. The minimum atomic E-state index is 0.0711. The molecule has 3 heteroatoms. The lowest BCUT2D eigenvalue weighted by Gasteiger charge is -2.16. The van der Waals surface area contributed by atoms with Gasteiger partial charge in [-0.05, 0) is 35.7 Å². The largest absolute Gasteiger partial charge is 0.362 e. The van der Waals surface area contributed by atoms with Crippen molar-refractivity contribution in [3.63, 3.8) is 0 Å². The molecule has 23 heavy (non-hydrogen) atoms. The highest BCUT2D eigenvalue weighted by Crippen LogP contribution is 2.24. The molecule has 0 aliphatic heterocycles. The van der Waals surface area contributed by atoms with E-state index < -0.39 is 0 Å². The average Bonchev–Trinajstić information content (AvgIpc) is 2.63. The number of nitriles is 1. The van der Waals surface area contributed by atoms with Crippen molar-refractivity contribution in [1.82, 2.24) is 4.98 Å². The van der Waals surface area contributed by atoms with Crippen molar-refractivity contribution in [3.8, 4) is 17.2 Å². The SMILES string of the molecule is C[C@H](Nc1ncccc1C#N)c1ccc(-c2ccccc2)cc1. The van der Waals surface area contributed by atoms with Crippen LogP contribution in [0.1, 0.15) is 24.1 Å². The number of benzene rings is 2. The molecule has 1 atom stereocenters. The molecule has 1 aromatic heterocycles. The first-order chi connectivity index (χ1) is 11.3. The Kier molecular flexibility index (Phi) is 4.35. The maximum Gasteiger partial charge on any atom is 0.144 e. The summed E-state index contributed by atoms with van der Waals surface area (Å²) < 4.78 is 0. The highest BCUT2D eigenvalue weighted by atomic mass is 15.0. The molecule has 0 unspecified atom stereocenters. The summed E-state index contributed by atoms with van der Waals surface area (Å²) in [6, 6.07) is 24.5. The minimum Gasteiger partial charge on any atom is -0.362 e. The molecule has 0 fully saturated rings. The molecule has 0 amide bonds. The lowest BCUT2D eigenvalue weighted by atomic mass is 10.0. The van der Waals surface area contributed by atoms with Gasteiger partial charge in [0.05, 0.1) is 5.56 Å². The zero-order valence-electron chi connectivity index (χ0n) is 12.9. The molecular weight excluding hydrogens is 282 g/mol. The van der Waals surface area contributed by atoms with E-state index >= 15 is 0 Å². The van der Waals surface area contributed by atoms with Crippen LogP contribution < -0.4 is 5.32 Å². The standard InChI is InChI=1S/C20H17N3/c1-15(23-20-19(14-21)8-5-13-22-20)16-9-11-18(12-10-16)17-6-3-2-4-7-17/h2-13,15H,1H3,(H,22,23)/t15-/m0/s1. The molecule has 0 aliphatic rings. The molecule has 0 spiro atoms. The molecule has 0 bridgehead atoms. The molecule has 2 aromatic carbocycles. The molecule has 0 aliphatic carbocycles. The second kappa shape index (κ2) is 6.76. The number of nitrogens with zero attached hydrogens (tertiary/aromatic N) is 2. The Bertz CT molecular complexity index is 818. The van der Waals surface area contributed by atoms with E-state index in [4.69, 9.17) is 5.26 Å². The zero-order chi connectivity index (χ0) is 16.1. The Balaban J connectivity index is 1.78. The van der Waals surface area contributed by atoms with Gasteiger partial charge in [0.15, 0.2) is 0 Å². The van der Waals surface area contributed by atoms with Crippen LogP contribution in [0.15, 0.2) is 72.9 Å². The van der Waals surface area contributed by atoms with Crippen molar-refractivity contribution >= 4 is 5.82 Å². The van der Waals surface area contributed by atoms with Gasteiger partial charge in [0.25, 0.3) is 0 Å². The van der Waals surface area contributed by atoms with E-state index in [1.54, 1.807) is 18.3 Å². The third-order valence-corrected chi connectivity index (χ3v) is 3.80. The van der Waals surface area contributed by atoms with Gasteiger partial charge in [-0.3, -0.25) is 0 Å². The lowest BCUT2D eigenvalue weighted by molar-refractivity contribution is 0.874. The van der Waals surface area contributed by atoms with Crippen molar-refractivity contribution in [1.29, 1.82) is 5.26 Å². The van der Waals surface area contributed by atoms with Gasteiger partial charge in [0.2, 0.25) is 0 Å². The van der Waals surface area contributed by atoms with Gasteiger partial charge in [0.1, 0.15) is 11.9 Å². The van der Waals surface area contributed by atoms with E-state index in [0.29, 0.717) is 11.4 Å². The number of hydrogen-bond donors (Lipinski definition) is 1. The van der Waals surface area contributed by atoms with Crippen molar-refractivity contribution < 1.29 is 0 Å². The van der Waals surface area contributed by atoms with Gasteiger partial charge in [-0.2, -0.15) is 5.26 Å². The first-order valence-electron chi connectivity index (χ1n) is 7.55. The summed E-state index contributed by atoms with van der Waals surface area (Å²) in [5.74, 6) is 0.620. The number of hydrogen-bond acceptors (Lipinski definition) is 3. The predicted octanol–water partition coefficient (Wildman–Crippen LogP) is 4.79. The molecule has 1 heterocycles. The van der Waals surface area contributed by atoms with Crippen molar-refractivity contribution in [2.45, 2.75) is 13.0 Å². The summed E-state index contributed by atoms with van der Waals surface area (Å²) in [5.41, 5.74) is 4.10. The van der Waals surface area contributed by atoms with Gasteiger partial charge in [-0.15, -0.1) is 0 Å². The summed E-state index contributed by atoms with van der Waals surface area (Å²) in [6.45, 7) is 2.06. The van der Waals surface area contributed by atoms with E-state index in [2.05, 4.69) is 59.7 Å². The second-order valence-corrected chi connectivity index (χ2v) is 5.37. The summed E-state index contributed by atoms with van der Waals surface area (Å²) in [5, 5.41) is 12.4. The molecule has 0 saturated carbocycles. The second-order valence-electron chi connectivity index (χ2n) is 5.37. The smallest absolute Gasteiger partial charge is 0.144 e. The monoisotopic (exact) mass is 299 g/mol. The van der Waals surface area contributed by atoms with Gasteiger partial charge in [-0.25, -0.2) is 4.98 Å². The fourth-order valence-corrected chi connectivity index (χ4v) is 2.49. The Labute approximate surface area is 136 Å². The topological polar surface area (TPSA) is 48.7 Å². The molecule has 3 aromatic rings. The van der Waals surface area contributed by atoms with Crippen molar-refractivity contribution in [2.24, 2.45) is 0 Å². The number of anilines is 1. The summed E-state index contributed by atoms with van der Waals surface area (Å²) in [6.07, 6.45) is 1.69. The molecule has 3 nitrogen and oxygen atoms in total. The van der Waals surface area contributed by atoms with Crippen LogP contribution in [-0.2, 0) is 0 Å². The summed E-state index contributed by atoms with van der Waals surface area (Å²) in [4.78, 5) is 4.25. The van der Waals surface area contributed by atoms with Gasteiger partial charge in [0, 0.05) is 12.2 Å². The Hall–Kier alpha value is -3.12. The van der Waals surface area contributed by atoms with Crippen LogP contribution in [0.5, 0.6) is 0 Å². The lowest BCUT2D eigenvalue weighted by Crippen LogP contribution is -2.09. The van der Waals surface area contributed by atoms with Crippen LogP contribution in [0.4, 0.5) is 5.82 Å². The van der Waals surface area contributed by atoms with Crippen molar-refractivity contribution in [3.05, 3.63) is 84.1 Å². The molecule has 0 radical (unpaired) electrons. The number of rotatable bonds is 4. The molecule has 0 saturated heterocycles. The fraction of sp³-hybridized carbons (Fsp3) is 0.100.